The van der Waals surface area contributed by atoms with Crippen LogP contribution in [-0.4, -0.2) is 50.2 Å². The quantitative estimate of drug-likeness (QED) is 0.772. The van der Waals surface area contributed by atoms with Gasteiger partial charge in [-0.3, -0.25) is 4.79 Å². The Morgan fingerprint density at radius 3 is 2.15 bits per heavy atom. The van der Waals surface area contributed by atoms with Gasteiger partial charge in [-0.1, -0.05) is 0 Å². The highest BCUT2D eigenvalue weighted by Gasteiger charge is 2.28. The minimum Gasteiger partial charge on any atom is -0.497 e. The zero-order valence-electron chi connectivity index (χ0n) is 14.8. The van der Waals surface area contributed by atoms with Crippen LogP contribution in [0.5, 0.6) is 11.5 Å². The maximum absolute atomic E-state index is 12.6. The first-order valence-electron chi connectivity index (χ1n) is 8.39. The molecular weight excluding hydrogens is 334 g/mol. The predicted octanol–water partition coefficient (Wildman–Crippen LogP) is 2.78. The minimum absolute atomic E-state index is 0.0401. The molecule has 0 saturated carbocycles. The third-order valence-corrected chi connectivity index (χ3v) is 4.35. The molecule has 1 aliphatic heterocycles. The van der Waals surface area contributed by atoms with Gasteiger partial charge in [0.25, 0.3) is 5.91 Å². The van der Waals surface area contributed by atoms with Crippen molar-refractivity contribution in [3.8, 4) is 11.5 Å². The molecule has 0 aromatic heterocycles. The average Bonchev–Trinajstić information content (AvgIpc) is 3.16. The maximum atomic E-state index is 12.6. The smallest absolute Gasteiger partial charge is 0.337 e. The van der Waals surface area contributed by atoms with Crippen molar-refractivity contribution in [2.45, 2.75) is 12.5 Å². The van der Waals surface area contributed by atoms with Gasteiger partial charge in [0.05, 0.1) is 26.3 Å². The lowest BCUT2D eigenvalue weighted by Gasteiger charge is -2.17. The molecule has 0 bridgehead atoms. The van der Waals surface area contributed by atoms with Crippen LogP contribution in [0.15, 0.2) is 48.5 Å². The van der Waals surface area contributed by atoms with Gasteiger partial charge in [0.2, 0.25) is 0 Å². The number of methoxy groups -OCH3 is 2. The van der Waals surface area contributed by atoms with Gasteiger partial charge in [0, 0.05) is 18.5 Å². The number of nitrogens with zero attached hydrogens (tertiary/aromatic N) is 1. The van der Waals surface area contributed by atoms with Crippen LogP contribution < -0.4 is 9.47 Å². The van der Waals surface area contributed by atoms with Crippen molar-refractivity contribution in [2.75, 3.05) is 27.3 Å². The van der Waals surface area contributed by atoms with Crippen molar-refractivity contribution in [1.82, 2.24) is 4.90 Å². The topological polar surface area (TPSA) is 65.1 Å². The molecule has 0 N–H and O–H groups in total. The number of benzene rings is 2. The first-order valence-corrected chi connectivity index (χ1v) is 8.39. The number of carbonyl (C=O) groups is 2. The lowest BCUT2D eigenvalue weighted by atomic mass is 10.1. The van der Waals surface area contributed by atoms with Crippen molar-refractivity contribution in [1.29, 1.82) is 0 Å². The maximum Gasteiger partial charge on any atom is 0.337 e. The van der Waals surface area contributed by atoms with Gasteiger partial charge in [-0.15, -0.1) is 0 Å². The molecule has 1 unspecified atom stereocenters. The van der Waals surface area contributed by atoms with E-state index in [0.29, 0.717) is 24.2 Å². The van der Waals surface area contributed by atoms with Crippen molar-refractivity contribution in [2.24, 2.45) is 0 Å². The fourth-order valence-corrected chi connectivity index (χ4v) is 2.90. The van der Waals surface area contributed by atoms with Crippen LogP contribution in [0.25, 0.3) is 0 Å². The summed E-state index contributed by atoms with van der Waals surface area (Å²) in [5.74, 6) is 1.05. The van der Waals surface area contributed by atoms with E-state index in [1.54, 1.807) is 36.3 Å². The highest BCUT2D eigenvalue weighted by molar-refractivity contribution is 5.96. The van der Waals surface area contributed by atoms with Crippen LogP contribution in [-0.2, 0) is 4.74 Å². The Balaban J connectivity index is 1.58. The van der Waals surface area contributed by atoms with Crippen LogP contribution in [0.4, 0.5) is 0 Å². The molecule has 0 aliphatic carbocycles. The van der Waals surface area contributed by atoms with Crippen LogP contribution in [0.3, 0.4) is 0 Å². The Bertz CT molecular complexity index is 770. The standard InChI is InChI=1S/C20H21NO5/c1-24-16-7-9-17(10-8-16)26-18-11-12-21(13-18)19(22)14-3-5-15(6-4-14)20(23)25-2/h3-10,18H,11-13H2,1-2H3. The van der Waals surface area contributed by atoms with E-state index >= 15 is 0 Å². The summed E-state index contributed by atoms with van der Waals surface area (Å²) < 4.78 is 15.7. The molecule has 0 radical (unpaired) electrons. The second-order valence-electron chi connectivity index (χ2n) is 6.02. The number of hydrogen-bond donors (Lipinski definition) is 0. The Morgan fingerprint density at radius 1 is 0.923 bits per heavy atom. The Hall–Kier alpha value is -3.02. The van der Waals surface area contributed by atoms with E-state index in [1.165, 1.54) is 7.11 Å². The summed E-state index contributed by atoms with van der Waals surface area (Å²) in [6.07, 6.45) is 0.736. The number of hydrogen-bond acceptors (Lipinski definition) is 5. The van der Waals surface area contributed by atoms with Crippen LogP contribution in [0.1, 0.15) is 27.1 Å². The largest absolute Gasteiger partial charge is 0.497 e. The third-order valence-electron chi connectivity index (χ3n) is 4.35. The molecular formula is C20H21NO5. The molecule has 1 atom stereocenters. The van der Waals surface area contributed by atoms with Gasteiger partial charge in [0.1, 0.15) is 17.6 Å². The molecule has 1 fully saturated rings. The fourth-order valence-electron chi connectivity index (χ4n) is 2.90. The van der Waals surface area contributed by atoms with E-state index in [9.17, 15) is 9.59 Å². The number of esters is 1. The van der Waals surface area contributed by atoms with Crippen molar-refractivity contribution >= 4 is 11.9 Å². The molecule has 136 valence electrons. The Morgan fingerprint density at radius 2 is 1.54 bits per heavy atom. The molecule has 6 heteroatoms. The minimum atomic E-state index is -0.418. The Labute approximate surface area is 152 Å². The summed E-state index contributed by atoms with van der Waals surface area (Å²) in [4.78, 5) is 25.8. The number of carbonyl (C=O) groups excluding carboxylic acids is 2. The second kappa shape index (κ2) is 7.91. The van der Waals surface area contributed by atoms with Crippen LogP contribution in [0, 0.1) is 0 Å². The van der Waals surface area contributed by atoms with E-state index in [4.69, 9.17) is 9.47 Å². The van der Waals surface area contributed by atoms with Crippen LogP contribution in [0.2, 0.25) is 0 Å². The van der Waals surface area contributed by atoms with Crippen molar-refractivity contribution in [3.05, 3.63) is 59.7 Å². The number of ether oxygens (including phenoxy) is 3. The summed E-state index contributed by atoms with van der Waals surface area (Å²) in [5.41, 5.74) is 0.967. The van der Waals surface area contributed by atoms with Gasteiger partial charge in [-0.2, -0.15) is 0 Å². The summed E-state index contributed by atoms with van der Waals surface area (Å²) in [5, 5.41) is 0. The zero-order valence-corrected chi connectivity index (χ0v) is 14.8. The van der Waals surface area contributed by atoms with E-state index < -0.39 is 5.97 Å². The first kappa shape index (κ1) is 17.8. The number of likely N-dealkylation sites (tertiary alicyclic amines) is 1. The molecule has 3 rings (SSSR count). The molecule has 1 aliphatic rings. The fraction of sp³-hybridized carbons (Fsp3) is 0.300. The highest BCUT2D eigenvalue weighted by atomic mass is 16.5. The SMILES string of the molecule is COC(=O)c1ccc(C(=O)N2CCC(Oc3ccc(OC)cc3)C2)cc1. The molecule has 1 saturated heterocycles. The predicted molar refractivity (Wildman–Crippen MR) is 95.7 cm³/mol. The highest BCUT2D eigenvalue weighted by Crippen LogP contribution is 2.22. The van der Waals surface area contributed by atoms with Gasteiger partial charge < -0.3 is 19.1 Å². The first-order chi connectivity index (χ1) is 12.6. The summed E-state index contributed by atoms with van der Waals surface area (Å²) in [6.45, 7) is 1.17. The second-order valence-corrected chi connectivity index (χ2v) is 6.02. The lowest BCUT2D eigenvalue weighted by Crippen LogP contribution is -2.30. The third kappa shape index (κ3) is 3.96. The number of rotatable bonds is 5. The lowest BCUT2D eigenvalue weighted by molar-refractivity contribution is 0.0600. The molecule has 1 heterocycles. The van der Waals surface area contributed by atoms with Crippen LogP contribution >= 0.6 is 0 Å². The van der Waals surface area contributed by atoms with Gasteiger partial charge in [-0.05, 0) is 48.5 Å². The summed E-state index contributed by atoms with van der Waals surface area (Å²) in [7, 11) is 2.95. The zero-order chi connectivity index (χ0) is 18.5. The van der Waals surface area contributed by atoms with Crippen molar-refractivity contribution < 1.29 is 23.8 Å². The Kier molecular flexibility index (Phi) is 5.41. The normalized spacial score (nSPS) is 16.2. The molecule has 2 aromatic rings. The van der Waals surface area contributed by atoms with E-state index in [1.807, 2.05) is 24.3 Å². The summed E-state index contributed by atoms with van der Waals surface area (Å²) >= 11 is 0. The van der Waals surface area contributed by atoms with E-state index in [0.717, 1.165) is 17.9 Å². The van der Waals surface area contributed by atoms with Gasteiger partial charge in [-0.25, -0.2) is 4.79 Å². The van der Waals surface area contributed by atoms with E-state index in [-0.39, 0.29) is 12.0 Å². The summed E-state index contributed by atoms with van der Waals surface area (Å²) in [6, 6.07) is 13.9. The van der Waals surface area contributed by atoms with Crippen molar-refractivity contribution in [3.63, 3.8) is 0 Å². The monoisotopic (exact) mass is 355 g/mol. The molecule has 6 nitrogen and oxygen atoms in total. The average molecular weight is 355 g/mol. The molecule has 0 spiro atoms. The molecule has 26 heavy (non-hydrogen) atoms. The number of amides is 1. The molecule has 2 aromatic carbocycles. The van der Waals surface area contributed by atoms with Gasteiger partial charge >= 0.3 is 5.97 Å². The van der Waals surface area contributed by atoms with Gasteiger partial charge in [0.15, 0.2) is 0 Å². The van der Waals surface area contributed by atoms with E-state index in [2.05, 4.69) is 4.74 Å². The molecule has 1 amide bonds.